The fourth-order valence-corrected chi connectivity index (χ4v) is 3.29. The van der Waals surface area contributed by atoms with Gasteiger partial charge in [-0.15, -0.1) is 0 Å². The van der Waals surface area contributed by atoms with Crippen LogP contribution in [0.25, 0.3) is 0 Å². The van der Waals surface area contributed by atoms with E-state index in [-0.39, 0.29) is 5.91 Å². The highest BCUT2D eigenvalue weighted by Gasteiger charge is 2.22. The van der Waals surface area contributed by atoms with Crippen molar-refractivity contribution in [3.05, 3.63) is 42.2 Å². The molecule has 8 nitrogen and oxygen atoms in total. The molecular formula is C20H27N5O3. The van der Waals surface area contributed by atoms with Crippen molar-refractivity contribution in [2.24, 2.45) is 0 Å². The third kappa shape index (κ3) is 4.69. The van der Waals surface area contributed by atoms with Crippen LogP contribution in [-0.4, -0.2) is 79.7 Å². The predicted molar refractivity (Wildman–Crippen MR) is 107 cm³/mol. The quantitative estimate of drug-likeness (QED) is 0.711. The number of rotatable bonds is 7. The van der Waals surface area contributed by atoms with E-state index in [2.05, 4.69) is 19.8 Å². The molecule has 1 fully saturated rings. The minimum atomic E-state index is 0.0780. The van der Waals surface area contributed by atoms with E-state index in [0.29, 0.717) is 24.6 Å². The molecule has 2 aromatic rings. The second-order valence-corrected chi connectivity index (χ2v) is 6.71. The maximum Gasteiger partial charge on any atom is 0.236 e. The van der Waals surface area contributed by atoms with Crippen LogP contribution in [0.1, 0.15) is 5.56 Å². The van der Waals surface area contributed by atoms with E-state index in [1.165, 1.54) is 0 Å². The molecule has 1 aliphatic rings. The number of piperazine rings is 1. The van der Waals surface area contributed by atoms with E-state index in [1.54, 1.807) is 31.5 Å². The van der Waals surface area contributed by atoms with Gasteiger partial charge in [0.05, 0.1) is 20.8 Å². The minimum Gasteiger partial charge on any atom is -0.493 e. The molecule has 0 aliphatic carbocycles. The molecule has 0 bridgehead atoms. The Morgan fingerprint density at radius 2 is 1.79 bits per heavy atom. The molecule has 8 heteroatoms. The van der Waals surface area contributed by atoms with E-state index in [1.807, 2.05) is 31.3 Å². The standard InChI is InChI=1S/C20H27N5O3/c1-23(14-16-6-4-7-17(27-2)19(16)28-3)18(26)15-24-10-12-25(13-11-24)20-21-8-5-9-22-20/h4-9H,10-15H2,1-3H3. The van der Waals surface area contributed by atoms with Crippen molar-refractivity contribution in [3.8, 4) is 11.5 Å². The number of anilines is 1. The third-order valence-electron chi connectivity index (χ3n) is 4.88. The van der Waals surface area contributed by atoms with Crippen molar-refractivity contribution < 1.29 is 14.3 Å². The zero-order valence-electron chi connectivity index (χ0n) is 16.7. The Hall–Kier alpha value is -2.87. The van der Waals surface area contributed by atoms with Crippen molar-refractivity contribution in [2.45, 2.75) is 6.54 Å². The van der Waals surface area contributed by atoms with E-state index < -0.39 is 0 Å². The number of amides is 1. The molecule has 0 spiro atoms. The second kappa shape index (κ2) is 9.36. The number of nitrogens with zero attached hydrogens (tertiary/aromatic N) is 5. The van der Waals surface area contributed by atoms with E-state index in [0.717, 1.165) is 37.7 Å². The summed E-state index contributed by atoms with van der Waals surface area (Å²) in [5, 5.41) is 0. The molecule has 0 saturated carbocycles. The van der Waals surface area contributed by atoms with Crippen LogP contribution in [0, 0.1) is 0 Å². The summed E-state index contributed by atoms with van der Waals surface area (Å²) in [5.41, 5.74) is 0.920. The van der Waals surface area contributed by atoms with Gasteiger partial charge in [0.2, 0.25) is 11.9 Å². The number of hydrogen-bond acceptors (Lipinski definition) is 7. The van der Waals surface area contributed by atoms with Gasteiger partial charge in [0.25, 0.3) is 0 Å². The lowest BCUT2D eigenvalue weighted by Crippen LogP contribution is -2.50. The summed E-state index contributed by atoms with van der Waals surface area (Å²) in [6, 6.07) is 7.51. The van der Waals surface area contributed by atoms with Gasteiger partial charge in [0.15, 0.2) is 11.5 Å². The van der Waals surface area contributed by atoms with Gasteiger partial charge in [-0.2, -0.15) is 0 Å². The van der Waals surface area contributed by atoms with Gasteiger partial charge in [-0.25, -0.2) is 9.97 Å². The van der Waals surface area contributed by atoms with Crippen LogP contribution in [0.4, 0.5) is 5.95 Å². The molecule has 1 aromatic carbocycles. The van der Waals surface area contributed by atoms with Crippen LogP contribution in [0.3, 0.4) is 0 Å². The van der Waals surface area contributed by atoms with Crippen molar-refractivity contribution in [3.63, 3.8) is 0 Å². The van der Waals surface area contributed by atoms with Crippen molar-refractivity contribution in [2.75, 3.05) is 58.9 Å². The maximum absolute atomic E-state index is 12.7. The predicted octanol–water partition coefficient (Wildman–Crippen LogP) is 1.27. The van der Waals surface area contributed by atoms with E-state index >= 15 is 0 Å². The van der Waals surface area contributed by atoms with Crippen LogP contribution in [0.5, 0.6) is 11.5 Å². The van der Waals surface area contributed by atoms with Crippen LogP contribution in [-0.2, 0) is 11.3 Å². The third-order valence-corrected chi connectivity index (χ3v) is 4.88. The zero-order chi connectivity index (χ0) is 19.9. The largest absolute Gasteiger partial charge is 0.493 e. The number of carbonyl (C=O) groups is 1. The average Bonchev–Trinajstić information content (AvgIpc) is 2.74. The number of carbonyl (C=O) groups excluding carboxylic acids is 1. The topological polar surface area (TPSA) is 71.0 Å². The van der Waals surface area contributed by atoms with Gasteiger partial charge in [-0.3, -0.25) is 9.69 Å². The van der Waals surface area contributed by atoms with Gasteiger partial charge in [-0.1, -0.05) is 12.1 Å². The van der Waals surface area contributed by atoms with Gasteiger partial charge in [-0.05, 0) is 12.1 Å². The van der Waals surface area contributed by atoms with Crippen LogP contribution >= 0.6 is 0 Å². The minimum absolute atomic E-state index is 0.0780. The van der Waals surface area contributed by atoms with Gasteiger partial charge in [0.1, 0.15) is 0 Å². The Bertz CT molecular complexity index is 779. The number of ether oxygens (including phenoxy) is 2. The first kappa shape index (κ1) is 19.9. The Kier molecular flexibility index (Phi) is 6.65. The first-order valence-corrected chi connectivity index (χ1v) is 9.30. The van der Waals surface area contributed by atoms with Crippen LogP contribution in [0.15, 0.2) is 36.7 Å². The van der Waals surface area contributed by atoms with Gasteiger partial charge < -0.3 is 19.3 Å². The molecule has 28 heavy (non-hydrogen) atoms. The number of hydrogen-bond donors (Lipinski definition) is 0. The molecule has 0 unspecified atom stereocenters. The molecule has 1 aromatic heterocycles. The SMILES string of the molecule is COc1cccc(CN(C)C(=O)CN2CCN(c3ncccn3)CC2)c1OC. The van der Waals surface area contributed by atoms with Crippen molar-refractivity contribution in [1.82, 2.24) is 19.8 Å². The summed E-state index contributed by atoms with van der Waals surface area (Å²) >= 11 is 0. The van der Waals surface area contributed by atoms with Crippen LogP contribution in [0.2, 0.25) is 0 Å². The number of benzene rings is 1. The fraction of sp³-hybridized carbons (Fsp3) is 0.450. The van der Waals surface area contributed by atoms with Crippen molar-refractivity contribution in [1.29, 1.82) is 0 Å². The lowest BCUT2D eigenvalue weighted by molar-refractivity contribution is -0.131. The number of methoxy groups -OCH3 is 2. The van der Waals surface area contributed by atoms with Gasteiger partial charge >= 0.3 is 0 Å². The Morgan fingerprint density at radius 1 is 1.07 bits per heavy atom. The molecule has 1 amide bonds. The summed E-state index contributed by atoms with van der Waals surface area (Å²) in [4.78, 5) is 27.3. The molecule has 2 heterocycles. The summed E-state index contributed by atoms with van der Waals surface area (Å²) in [5.74, 6) is 2.16. The van der Waals surface area contributed by atoms with E-state index in [9.17, 15) is 4.79 Å². The smallest absolute Gasteiger partial charge is 0.236 e. The molecule has 0 N–H and O–H groups in total. The zero-order valence-corrected chi connectivity index (χ0v) is 16.7. The van der Waals surface area contributed by atoms with Gasteiger partial charge in [0, 0.05) is 57.7 Å². The Balaban J connectivity index is 1.53. The normalized spacial score (nSPS) is 14.6. The Labute approximate surface area is 165 Å². The fourth-order valence-electron chi connectivity index (χ4n) is 3.29. The maximum atomic E-state index is 12.7. The lowest BCUT2D eigenvalue weighted by atomic mass is 10.1. The molecule has 150 valence electrons. The first-order chi connectivity index (χ1) is 13.6. The summed E-state index contributed by atoms with van der Waals surface area (Å²) in [6.07, 6.45) is 3.50. The van der Waals surface area contributed by atoms with Crippen molar-refractivity contribution >= 4 is 11.9 Å². The summed E-state index contributed by atoms with van der Waals surface area (Å²) in [7, 11) is 5.03. The number of para-hydroxylation sites is 1. The molecule has 3 rings (SSSR count). The second-order valence-electron chi connectivity index (χ2n) is 6.71. The molecular weight excluding hydrogens is 358 g/mol. The first-order valence-electron chi connectivity index (χ1n) is 9.30. The summed E-state index contributed by atoms with van der Waals surface area (Å²) < 4.78 is 10.8. The molecule has 1 aliphatic heterocycles. The molecule has 0 radical (unpaired) electrons. The highest BCUT2D eigenvalue weighted by Crippen LogP contribution is 2.31. The summed E-state index contributed by atoms with van der Waals surface area (Å²) in [6.45, 7) is 4.10. The van der Waals surface area contributed by atoms with Crippen LogP contribution < -0.4 is 14.4 Å². The monoisotopic (exact) mass is 385 g/mol. The molecule has 1 saturated heterocycles. The number of likely N-dealkylation sites (N-methyl/N-ethyl adjacent to an activating group) is 1. The Morgan fingerprint density at radius 3 is 2.43 bits per heavy atom. The average molecular weight is 385 g/mol. The lowest BCUT2D eigenvalue weighted by Gasteiger charge is -2.35. The number of aromatic nitrogens is 2. The highest BCUT2D eigenvalue weighted by molar-refractivity contribution is 5.78. The highest BCUT2D eigenvalue weighted by atomic mass is 16.5. The molecule has 0 atom stereocenters. The van der Waals surface area contributed by atoms with E-state index in [4.69, 9.17) is 9.47 Å².